The van der Waals surface area contributed by atoms with Crippen LogP contribution < -0.4 is 5.32 Å². The molecule has 2 aromatic rings. The van der Waals surface area contributed by atoms with Gasteiger partial charge >= 0.3 is 0 Å². The molecular formula is C15H14BrClN2O. The molecule has 3 nitrogen and oxygen atoms in total. The molecule has 0 spiro atoms. The highest BCUT2D eigenvalue weighted by Crippen LogP contribution is 2.20. The van der Waals surface area contributed by atoms with Crippen molar-refractivity contribution >= 4 is 39.1 Å². The summed E-state index contributed by atoms with van der Waals surface area (Å²) in [5.41, 5.74) is 2.34. The highest BCUT2D eigenvalue weighted by Gasteiger charge is 2.12. The zero-order valence-corrected chi connectivity index (χ0v) is 13.3. The van der Waals surface area contributed by atoms with Gasteiger partial charge in [-0.1, -0.05) is 37.1 Å². The monoisotopic (exact) mass is 352 g/mol. The van der Waals surface area contributed by atoms with Crippen molar-refractivity contribution in [3.63, 3.8) is 0 Å². The summed E-state index contributed by atoms with van der Waals surface area (Å²) in [7, 11) is 0. The second-order valence-electron chi connectivity index (χ2n) is 4.39. The highest BCUT2D eigenvalue weighted by molar-refractivity contribution is 9.10. The van der Waals surface area contributed by atoms with E-state index in [4.69, 9.17) is 11.6 Å². The number of carbonyl (C=O) groups is 1. The van der Waals surface area contributed by atoms with Crippen molar-refractivity contribution in [2.24, 2.45) is 0 Å². The van der Waals surface area contributed by atoms with Gasteiger partial charge < -0.3 is 5.32 Å². The topological polar surface area (TPSA) is 42.0 Å². The lowest BCUT2D eigenvalue weighted by Gasteiger charge is -2.07. The molecule has 1 amide bonds. The lowest BCUT2D eigenvalue weighted by Crippen LogP contribution is -2.13. The molecule has 0 aliphatic heterocycles. The van der Waals surface area contributed by atoms with E-state index in [9.17, 15) is 4.79 Å². The number of halogens is 2. The number of aromatic nitrogens is 1. The predicted octanol–water partition coefficient (Wildman–Crippen LogP) is 4.70. The van der Waals surface area contributed by atoms with Gasteiger partial charge in [-0.2, -0.15) is 0 Å². The Hall–Kier alpha value is -1.39. The molecule has 0 aliphatic carbocycles. The molecule has 5 heteroatoms. The van der Waals surface area contributed by atoms with E-state index in [1.807, 2.05) is 24.3 Å². The third kappa shape index (κ3) is 3.81. The van der Waals surface area contributed by atoms with Crippen molar-refractivity contribution in [1.82, 2.24) is 4.98 Å². The molecule has 104 valence electrons. The Balaban J connectivity index is 2.13. The molecule has 2 rings (SSSR count). The second-order valence-corrected chi connectivity index (χ2v) is 5.67. The van der Waals surface area contributed by atoms with Crippen molar-refractivity contribution in [2.45, 2.75) is 19.8 Å². The second kappa shape index (κ2) is 6.86. The fraction of sp³-hybridized carbons (Fsp3) is 0.200. The van der Waals surface area contributed by atoms with Crippen LogP contribution in [-0.4, -0.2) is 10.9 Å². The first-order chi connectivity index (χ1) is 9.60. The molecule has 0 fully saturated rings. The third-order valence-corrected chi connectivity index (χ3v) is 3.54. The average Bonchev–Trinajstić information content (AvgIpc) is 2.44. The fourth-order valence-electron chi connectivity index (χ4n) is 1.82. The number of benzene rings is 1. The van der Waals surface area contributed by atoms with Crippen LogP contribution in [0.1, 0.15) is 29.3 Å². The van der Waals surface area contributed by atoms with Gasteiger partial charge in [0.15, 0.2) is 0 Å². The van der Waals surface area contributed by atoms with Crippen LogP contribution in [-0.2, 0) is 6.42 Å². The van der Waals surface area contributed by atoms with Gasteiger partial charge in [0.25, 0.3) is 5.91 Å². The van der Waals surface area contributed by atoms with Crippen molar-refractivity contribution in [3.8, 4) is 0 Å². The van der Waals surface area contributed by atoms with E-state index in [1.165, 1.54) is 5.56 Å². The molecule has 1 aromatic carbocycles. The zero-order chi connectivity index (χ0) is 14.5. The minimum absolute atomic E-state index is 0.188. The SMILES string of the molecule is CCCc1ccc(NC(=O)c2cc(Br)cnc2Cl)cc1. The smallest absolute Gasteiger partial charge is 0.258 e. The largest absolute Gasteiger partial charge is 0.322 e. The number of aryl methyl sites for hydroxylation is 1. The molecule has 0 aliphatic rings. The number of nitrogens with zero attached hydrogens (tertiary/aromatic N) is 1. The maximum Gasteiger partial charge on any atom is 0.258 e. The summed E-state index contributed by atoms with van der Waals surface area (Å²) in [6, 6.07) is 9.46. The molecule has 0 saturated heterocycles. The number of rotatable bonds is 4. The predicted molar refractivity (Wildman–Crippen MR) is 85.3 cm³/mol. The molecule has 0 saturated carbocycles. The minimum Gasteiger partial charge on any atom is -0.322 e. The molecule has 20 heavy (non-hydrogen) atoms. The number of carbonyl (C=O) groups excluding carboxylic acids is 1. The highest BCUT2D eigenvalue weighted by atomic mass is 79.9. The Morgan fingerprint density at radius 1 is 1.35 bits per heavy atom. The van der Waals surface area contributed by atoms with Crippen molar-refractivity contribution in [3.05, 3.63) is 57.3 Å². The van der Waals surface area contributed by atoms with Gasteiger partial charge in [-0.15, -0.1) is 0 Å². The van der Waals surface area contributed by atoms with E-state index < -0.39 is 0 Å². The molecule has 1 aromatic heterocycles. The first kappa shape index (κ1) is 15.0. The Kier molecular flexibility index (Phi) is 5.15. The summed E-state index contributed by atoms with van der Waals surface area (Å²) in [4.78, 5) is 16.1. The van der Waals surface area contributed by atoms with E-state index in [0.717, 1.165) is 18.5 Å². The maximum atomic E-state index is 12.1. The molecule has 1 N–H and O–H groups in total. The summed E-state index contributed by atoms with van der Waals surface area (Å²) in [5, 5.41) is 3.00. The van der Waals surface area contributed by atoms with Crippen LogP contribution in [0.5, 0.6) is 0 Å². The normalized spacial score (nSPS) is 10.3. The quantitative estimate of drug-likeness (QED) is 0.809. The maximum absolute atomic E-state index is 12.1. The standard InChI is InChI=1S/C15H14BrClN2O/c1-2-3-10-4-6-12(7-5-10)19-15(20)13-8-11(16)9-18-14(13)17/h4-9H,2-3H2,1H3,(H,19,20). The summed E-state index contributed by atoms with van der Waals surface area (Å²) < 4.78 is 0.713. The summed E-state index contributed by atoms with van der Waals surface area (Å²) in [6.45, 7) is 2.14. The van der Waals surface area contributed by atoms with E-state index in [2.05, 4.69) is 33.2 Å². The third-order valence-electron chi connectivity index (χ3n) is 2.80. The molecule has 0 radical (unpaired) electrons. The van der Waals surface area contributed by atoms with E-state index >= 15 is 0 Å². The van der Waals surface area contributed by atoms with Crippen molar-refractivity contribution in [2.75, 3.05) is 5.32 Å². The van der Waals surface area contributed by atoms with E-state index in [0.29, 0.717) is 10.0 Å². The Morgan fingerprint density at radius 3 is 2.70 bits per heavy atom. The van der Waals surface area contributed by atoms with Gasteiger partial charge in [0.05, 0.1) is 5.56 Å². The Morgan fingerprint density at radius 2 is 2.05 bits per heavy atom. The van der Waals surface area contributed by atoms with Gasteiger partial charge in [-0.05, 0) is 46.1 Å². The van der Waals surface area contributed by atoms with Crippen LogP contribution in [0, 0.1) is 0 Å². The number of anilines is 1. The van der Waals surface area contributed by atoms with Crippen LogP contribution >= 0.6 is 27.5 Å². The average molecular weight is 354 g/mol. The Bertz CT molecular complexity index is 614. The van der Waals surface area contributed by atoms with Gasteiger partial charge in [0, 0.05) is 16.4 Å². The van der Waals surface area contributed by atoms with Gasteiger partial charge in [0.2, 0.25) is 0 Å². The minimum atomic E-state index is -0.271. The fourth-order valence-corrected chi connectivity index (χ4v) is 2.34. The number of hydrogen-bond acceptors (Lipinski definition) is 2. The van der Waals surface area contributed by atoms with Gasteiger partial charge in [0.1, 0.15) is 5.15 Å². The van der Waals surface area contributed by atoms with Crippen LogP contribution in [0.25, 0.3) is 0 Å². The van der Waals surface area contributed by atoms with Crippen molar-refractivity contribution in [1.29, 1.82) is 0 Å². The zero-order valence-electron chi connectivity index (χ0n) is 11.0. The van der Waals surface area contributed by atoms with E-state index in [1.54, 1.807) is 12.3 Å². The molecule has 0 atom stereocenters. The van der Waals surface area contributed by atoms with Crippen LogP contribution in [0.2, 0.25) is 5.15 Å². The van der Waals surface area contributed by atoms with Gasteiger partial charge in [-0.25, -0.2) is 4.98 Å². The lowest BCUT2D eigenvalue weighted by atomic mass is 10.1. The first-order valence-electron chi connectivity index (χ1n) is 6.31. The molecule has 0 bridgehead atoms. The number of nitrogens with one attached hydrogen (secondary N) is 1. The van der Waals surface area contributed by atoms with Crippen LogP contribution in [0.15, 0.2) is 41.0 Å². The van der Waals surface area contributed by atoms with Crippen molar-refractivity contribution < 1.29 is 4.79 Å². The number of amides is 1. The molecular weight excluding hydrogens is 340 g/mol. The Labute approximate surface area is 131 Å². The summed E-state index contributed by atoms with van der Waals surface area (Å²) in [6.07, 6.45) is 3.69. The number of hydrogen-bond donors (Lipinski definition) is 1. The number of pyridine rings is 1. The summed E-state index contributed by atoms with van der Waals surface area (Å²) in [5.74, 6) is -0.271. The van der Waals surface area contributed by atoms with Crippen LogP contribution in [0.3, 0.4) is 0 Å². The first-order valence-corrected chi connectivity index (χ1v) is 7.48. The van der Waals surface area contributed by atoms with Crippen LogP contribution in [0.4, 0.5) is 5.69 Å². The summed E-state index contributed by atoms with van der Waals surface area (Å²) >= 11 is 9.21. The lowest BCUT2D eigenvalue weighted by molar-refractivity contribution is 0.102. The van der Waals surface area contributed by atoms with E-state index in [-0.39, 0.29) is 11.1 Å². The van der Waals surface area contributed by atoms with Gasteiger partial charge in [-0.3, -0.25) is 4.79 Å². The molecule has 0 unspecified atom stereocenters. The molecule has 1 heterocycles.